The normalized spacial score (nSPS) is 13.9. The van der Waals surface area contributed by atoms with Crippen molar-refractivity contribution in [1.29, 1.82) is 0 Å². The average Bonchev–Trinajstić information content (AvgIpc) is 2.89. The number of benzene rings is 2. The summed E-state index contributed by atoms with van der Waals surface area (Å²) < 4.78 is 17.8. The third-order valence-electron chi connectivity index (χ3n) is 6.77. The van der Waals surface area contributed by atoms with Gasteiger partial charge in [0.1, 0.15) is 12.2 Å². The van der Waals surface area contributed by atoms with E-state index in [1.807, 2.05) is 60.7 Å². The van der Waals surface area contributed by atoms with Crippen LogP contribution < -0.4 is 0 Å². The summed E-state index contributed by atoms with van der Waals surface area (Å²) in [6, 6.07) is 18.0. The van der Waals surface area contributed by atoms with E-state index in [9.17, 15) is 9.59 Å². The Balaban J connectivity index is 2.02. The molecule has 2 aromatic rings. The molecule has 0 aliphatic carbocycles. The van der Waals surface area contributed by atoms with E-state index in [1.165, 1.54) is 0 Å². The van der Waals surface area contributed by atoms with E-state index < -0.39 is 14.4 Å². The molecule has 0 aliphatic heterocycles. The zero-order valence-electron chi connectivity index (χ0n) is 23.8. The van der Waals surface area contributed by atoms with Crippen LogP contribution in [-0.2, 0) is 13.9 Å². The van der Waals surface area contributed by atoms with Gasteiger partial charge in [-0.05, 0) is 73.8 Å². The first-order valence-electron chi connectivity index (χ1n) is 13.5. The largest absolute Gasteiger partial charge is 0.455 e. The van der Waals surface area contributed by atoms with Gasteiger partial charge in [-0.25, -0.2) is 9.59 Å². The van der Waals surface area contributed by atoms with E-state index in [1.54, 1.807) is 24.3 Å². The van der Waals surface area contributed by atoms with E-state index in [2.05, 4.69) is 40.8 Å². The molecule has 0 aliphatic rings. The smallest absolute Gasteiger partial charge is 0.338 e. The number of hydrogen-bond donors (Lipinski definition) is 0. The molecule has 206 valence electrons. The molecule has 2 unspecified atom stereocenters. The van der Waals surface area contributed by atoms with Gasteiger partial charge in [-0.2, -0.15) is 0 Å². The standard InChI is InChI=1S/C32H44O5Si/c1-7-17-28(36-30(33)26-18-10-8-11-19-26)22-14-15-23-29(37-31(34)27-20-12-9-13-21-27)24-16-25-35-38(5,6)32(2,3)4/h8-15,18-23,28-29H,7,16-17,24-25H2,1-6H3/b22-14-,23-15-. The number of carbonyl (C=O) groups excluding carboxylic acids is 2. The second-order valence-corrected chi connectivity index (χ2v) is 15.7. The molecule has 5 nitrogen and oxygen atoms in total. The topological polar surface area (TPSA) is 61.8 Å². The van der Waals surface area contributed by atoms with Gasteiger partial charge >= 0.3 is 11.9 Å². The fourth-order valence-electron chi connectivity index (χ4n) is 3.44. The Kier molecular flexibility index (Phi) is 12.7. The van der Waals surface area contributed by atoms with Crippen molar-refractivity contribution in [3.05, 3.63) is 96.1 Å². The van der Waals surface area contributed by atoms with Crippen LogP contribution in [0.25, 0.3) is 0 Å². The van der Waals surface area contributed by atoms with Gasteiger partial charge in [0.25, 0.3) is 0 Å². The lowest BCUT2D eigenvalue weighted by molar-refractivity contribution is 0.0362. The second kappa shape index (κ2) is 15.4. The summed E-state index contributed by atoms with van der Waals surface area (Å²) in [5, 5.41) is 0.149. The summed E-state index contributed by atoms with van der Waals surface area (Å²) in [5.74, 6) is -0.690. The Morgan fingerprint density at radius 3 is 1.66 bits per heavy atom. The van der Waals surface area contributed by atoms with Gasteiger partial charge in [0.2, 0.25) is 0 Å². The minimum absolute atomic E-state index is 0.149. The summed E-state index contributed by atoms with van der Waals surface area (Å²) in [4.78, 5) is 25.2. The van der Waals surface area contributed by atoms with E-state index in [-0.39, 0.29) is 23.1 Å². The molecule has 0 N–H and O–H groups in total. The minimum atomic E-state index is -1.83. The predicted molar refractivity (Wildman–Crippen MR) is 157 cm³/mol. The molecular weight excluding hydrogens is 492 g/mol. The molecule has 0 aromatic heterocycles. The van der Waals surface area contributed by atoms with Gasteiger partial charge in [0, 0.05) is 6.61 Å². The van der Waals surface area contributed by atoms with Crippen LogP contribution in [-0.4, -0.2) is 39.1 Å². The van der Waals surface area contributed by atoms with Crippen LogP contribution in [0.1, 0.15) is 74.1 Å². The highest BCUT2D eigenvalue weighted by atomic mass is 28.4. The molecule has 2 rings (SSSR count). The number of rotatable bonds is 14. The molecule has 0 amide bonds. The quantitative estimate of drug-likeness (QED) is 0.105. The first kappa shape index (κ1) is 31.3. The van der Waals surface area contributed by atoms with Crippen molar-refractivity contribution >= 4 is 20.3 Å². The highest BCUT2D eigenvalue weighted by Gasteiger charge is 2.36. The molecule has 0 radical (unpaired) electrons. The predicted octanol–water partition coefficient (Wildman–Crippen LogP) is 8.15. The average molecular weight is 537 g/mol. The lowest BCUT2D eigenvalue weighted by Crippen LogP contribution is -2.41. The van der Waals surface area contributed by atoms with E-state index in [0.29, 0.717) is 24.2 Å². The fraction of sp³-hybridized carbons (Fsp3) is 0.438. The van der Waals surface area contributed by atoms with Gasteiger partial charge in [0.15, 0.2) is 8.32 Å². The maximum absolute atomic E-state index is 12.7. The molecule has 6 heteroatoms. The van der Waals surface area contributed by atoms with Gasteiger partial charge in [-0.1, -0.05) is 82.7 Å². The number of carbonyl (C=O) groups is 2. The highest BCUT2D eigenvalue weighted by Crippen LogP contribution is 2.36. The first-order chi connectivity index (χ1) is 18.0. The summed E-state index contributed by atoms with van der Waals surface area (Å²) in [5.41, 5.74) is 1.06. The van der Waals surface area contributed by atoms with Crippen LogP contribution in [0.3, 0.4) is 0 Å². The lowest BCUT2D eigenvalue weighted by atomic mass is 10.1. The van der Waals surface area contributed by atoms with E-state index in [4.69, 9.17) is 13.9 Å². The summed E-state index contributed by atoms with van der Waals surface area (Å²) in [6.07, 6.45) is 9.77. The summed E-state index contributed by atoms with van der Waals surface area (Å²) >= 11 is 0. The summed E-state index contributed by atoms with van der Waals surface area (Å²) in [6.45, 7) is 13.8. The highest BCUT2D eigenvalue weighted by molar-refractivity contribution is 6.74. The third-order valence-corrected chi connectivity index (χ3v) is 11.3. The molecule has 0 saturated heterocycles. The van der Waals surface area contributed by atoms with Crippen LogP contribution in [0.4, 0.5) is 0 Å². The Labute approximate surface area is 230 Å². The SMILES string of the molecule is CCCC(/C=C\C=C/C(CCCO[Si](C)(C)C(C)(C)C)OC(=O)c1ccccc1)OC(=O)c1ccccc1. The molecule has 0 heterocycles. The minimum Gasteiger partial charge on any atom is -0.455 e. The van der Waals surface area contributed by atoms with Crippen molar-refractivity contribution in [2.45, 2.75) is 83.7 Å². The summed E-state index contributed by atoms with van der Waals surface area (Å²) in [7, 11) is -1.83. The third kappa shape index (κ3) is 10.8. The van der Waals surface area contributed by atoms with Crippen molar-refractivity contribution in [2.24, 2.45) is 0 Å². The van der Waals surface area contributed by atoms with Gasteiger partial charge in [0.05, 0.1) is 11.1 Å². The zero-order chi connectivity index (χ0) is 28.0. The van der Waals surface area contributed by atoms with Crippen LogP contribution >= 0.6 is 0 Å². The van der Waals surface area contributed by atoms with Crippen molar-refractivity contribution in [3.8, 4) is 0 Å². The first-order valence-corrected chi connectivity index (χ1v) is 16.5. The Bertz CT molecular complexity index is 1040. The van der Waals surface area contributed by atoms with E-state index >= 15 is 0 Å². The Morgan fingerprint density at radius 1 is 0.789 bits per heavy atom. The molecule has 0 spiro atoms. The maximum atomic E-state index is 12.7. The molecule has 2 aromatic carbocycles. The van der Waals surface area contributed by atoms with Gasteiger partial charge in [-0.3, -0.25) is 0 Å². The molecular formula is C32H44O5Si. The van der Waals surface area contributed by atoms with Crippen molar-refractivity contribution in [3.63, 3.8) is 0 Å². The fourth-order valence-corrected chi connectivity index (χ4v) is 4.53. The number of allylic oxidation sites excluding steroid dienone is 2. The number of esters is 2. The van der Waals surface area contributed by atoms with E-state index in [0.717, 1.165) is 19.3 Å². The monoisotopic (exact) mass is 536 g/mol. The van der Waals surface area contributed by atoms with Crippen molar-refractivity contribution in [2.75, 3.05) is 6.61 Å². The zero-order valence-corrected chi connectivity index (χ0v) is 24.8. The molecule has 2 atom stereocenters. The number of ether oxygens (including phenoxy) is 2. The Hall–Kier alpha value is -2.96. The molecule has 38 heavy (non-hydrogen) atoms. The van der Waals surface area contributed by atoms with Crippen LogP contribution in [0, 0.1) is 0 Å². The lowest BCUT2D eigenvalue weighted by Gasteiger charge is -2.36. The van der Waals surface area contributed by atoms with Crippen LogP contribution in [0.2, 0.25) is 18.1 Å². The maximum Gasteiger partial charge on any atom is 0.338 e. The van der Waals surface area contributed by atoms with Gasteiger partial charge in [-0.15, -0.1) is 0 Å². The molecule has 0 saturated carbocycles. The Morgan fingerprint density at radius 2 is 1.24 bits per heavy atom. The molecule has 0 bridgehead atoms. The second-order valence-electron chi connectivity index (χ2n) is 10.9. The van der Waals surface area contributed by atoms with Crippen molar-refractivity contribution in [1.82, 2.24) is 0 Å². The number of hydrogen-bond acceptors (Lipinski definition) is 5. The van der Waals surface area contributed by atoms with Crippen molar-refractivity contribution < 1.29 is 23.5 Å². The molecule has 0 fully saturated rings. The van der Waals surface area contributed by atoms with Gasteiger partial charge < -0.3 is 13.9 Å². The van der Waals surface area contributed by atoms with Crippen LogP contribution in [0.5, 0.6) is 0 Å². The van der Waals surface area contributed by atoms with Crippen LogP contribution in [0.15, 0.2) is 85.0 Å².